The Morgan fingerprint density at radius 3 is 2.64 bits per heavy atom. The zero-order valence-electron chi connectivity index (χ0n) is 14.1. The van der Waals surface area contributed by atoms with Gasteiger partial charge in [0.2, 0.25) is 5.91 Å². The van der Waals surface area contributed by atoms with Gasteiger partial charge in [0.15, 0.2) is 0 Å². The fourth-order valence-electron chi connectivity index (χ4n) is 2.90. The van der Waals surface area contributed by atoms with Crippen LogP contribution in [0.15, 0.2) is 52.2 Å². The van der Waals surface area contributed by atoms with Crippen LogP contribution in [0.3, 0.4) is 0 Å². The molecule has 2 aromatic rings. The van der Waals surface area contributed by atoms with Crippen LogP contribution in [0.4, 0.5) is 0 Å². The Hall–Kier alpha value is -2.89. The fraction of sp³-hybridized carbons (Fsp3) is 0.316. The predicted octanol–water partition coefficient (Wildman–Crippen LogP) is 2.04. The van der Waals surface area contributed by atoms with E-state index in [1.807, 2.05) is 31.2 Å². The van der Waals surface area contributed by atoms with Crippen molar-refractivity contribution in [2.45, 2.75) is 32.7 Å². The molecule has 2 atom stereocenters. The first-order valence-corrected chi connectivity index (χ1v) is 8.16. The minimum atomic E-state index is -1.25. The maximum atomic E-state index is 12.7. The molecule has 0 bridgehead atoms. The lowest BCUT2D eigenvalue weighted by atomic mass is 10.0. The minimum Gasteiger partial charge on any atom is -0.550 e. The number of carboxylic acids is 1. The molecule has 0 fully saturated rings. The molecule has 0 unspecified atom stereocenters. The second-order valence-corrected chi connectivity index (χ2v) is 6.31. The summed E-state index contributed by atoms with van der Waals surface area (Å²) < 4.78 is 5.47. The van der Waals surface area contributed by atoms with Gasteiger partial charge in [0.1, 0.15) is 11.8 Å². The number of aryl methyl sites for hydroxylation is 1. The van der Waals surface area contributed by atoms with E-state index in [4.69, 9.17) is 4.42 Å². The SMILES string of the molecule is Cc1ccc(C2=NN(C(=O)[C@@H](C)CC(=O)[O-])[C@H](c3ccco3)C2)cc1. The Labute approximate surface area is 145 Å². The number of hydrogen-bond donors (Lipinski definition) is 0. The van der Waals surface area contributed by atoms with Gasteiger partial charge in [-0.05, 0) is 31.0 Å². The van der Waals surface area contributed by atoms with Crippen LogP contribution in [0.25, 0.3) is 0 Å². The lowest BCUT2D eigenvalue weighted by Crippen LogP contribution is -2.35. The lowest BCUT2D eigenvalue weighted by molar-refractivity contribution is -0.306. The summed E-state index contributed by atoms with van der Waals surface area (Å²) in [5.41, 5.74) is 2.85. The first-order valence-electron chi connectivity index (χ1n) is 8.16. The molecule has 6 nitrogen and oxygen atoms in total. The van der Waals surface area contributed by atoms with E-state index in [2.05, 4.69) is 5.10 Å². The fourth-order valence-corrected chi connectivity index (χ4v) is 2.90. The molecule has 3 rings (SSSR count). The Kier molecular flexibility index (Phi) is 4.70. The summed E-state index contributed by atoms with van der Waals surface area (Å²) in [5, 5.41) is 16.7. The van der Waals surface area contributed by atoms with Gasteiger partial charge in [-0.15, -0.1) is 0 Å². The molecule has 25 heavy (non-hydrogen) atoms. The van der Waals surface area contributed by atoms with Gasteiger partial charge in [-0.2, -0.15) is 5.10 Å². The molecule has 0 aliphatic carbocycles. The molecule has 1 aliphatic rings. The maximum Gasteiger partial charge on any atom is 0.246 e. The molecule has 0 saturated heterocycles. The molecule has 0 spiro atoms. The Morgan fingerprint density at radius 1 is 1.32 bits per heavy atom. The number of carbonyl (C=O) groups excluding carboxylic acids is 2. The number of benzene rings is 1. The molecule has 1 amide bonds. The summed E-state index contributed by atoms with van der Waals surface area (Å²) in [7, 11) is 0. The summed E-state index contributed by atoms with van der Waals surface area (Å²) in [6.45, 7) is 3.57. The van der Waals surface area contributed by atoms with Crippen molar-refractivity contribution in [2.24, 2.45) is 11.0 Å². The van der Waals surface area contributed by atoms with Gasteiger partial charge in [0.05, 0.1) is 12.0 Å². The highest BCUT2D eigenvalue weighted by Gasteiger charge is 2.36. The van der Waals surface area contributed by atoms with Gasteiger partial charge in [-0.3, -0.25) is 4.79 Å². The van der Waals surface area contributed by atoms with Gasteiger partial charge >= 0.3 is 0 Å². The quantitative estimate of drug-likeness (QED) is 0.834. The van der Waals surface area contributed by atoms with Crippen LogP contribution in [0, 0.1) is 12.8 Å². The lowest BCUT2D eigenvalue weighted by Gasteiger charge is -2.23. The van der Waals surface area contributed by atoms with Crippen LogP contribution in [-0.4, -0.2) is 22.6 Å². The zero-order valence-corrected chi connectivity index (χ0v) is 14.1. The molecule has 2 heterocycles. The van der Waals surface area contributed by atoms with E-state index >= 15 is 0 Å². The first kappa shape index (κ1) is 17.0. The maximum absolute atomic E-state index is 12.7. The topological polar surface area (TPSA) is 85.9 Å². The molecule has 1 aromatic heterocycles. The average Bonchev–Trinajstić information content (AvgIpc) is 3.23. The van der Waals surface area contributed by atoms with E-state index < -0.39 is 11.9 Å². The van der Waals surface area contributed by atoms with E-state index in [0.717, 1.165) is 16.8 Å². The third-order valence-corrected chi connectivity index (χ3v) is 4.29. The second-order valence-electron chi connectivity index (χ2n) is 6.31. The molecule has 0 N–H and O–H groups in total. The monoisotopic (exact) mass is 339 g/mol. The summed E-state index contributed by atoms with van der Waals surface area (Å²) in [4.78, 5) is 23.5. The Morgan fingerprint density at radius 2 is 2.04 bits per heavy atom. The number of nitrogens with zero attached hydrogens (tertiary/aromatic N) is 2. The molecule has 1 aliphatic heterocycles. The Balaban J connectivity index is 1.91. The van der Waals surface area contributed by atoms with E-state index in [1.54, 1.807) is 25.3 Å². The van der Waals surface area contributed by atoms with Crippen LogP contribution in [0.5, 0.6) is 0 Å². The van der Waals surface area contributed by atoms with Crippen molar-refractivity contribution in [3.05, 3.63) is 59.5 Å². The summed E-state index contributed by atoms with van der Waals surface area (Å²) in [6, 6.07) is 11.1. The highest BCUT2D eigenvalue weighted by atomic mass is 16.4. The normalized spacial score (nSPS) is 18.1. The number of rotatable bonds is 5. The molecule has 130 valence electrons. The first-order chi connectivity index (χ1) is 12.0. The van der Waals surface area contributed by atoms with Crippen molar-refractivity contribution in [1.82, 2.24) is 5.01 Å². The highest BCUT2D eigenvalue weighted by Crippen LogP contribution is 2.34. The van der Waals surface area contributed by atoms with Crippen LogP contribution in [0.1, 0.15) is 42.7 Å². The van der Waals surface area contributed by atoms with Crippen molar-refractivity contribution in [3.8, 4) is 0 Å². The number of carboxylic acid groups (broad SMARTS) is 1. The van der Waals surface area contributed by atoms with Crippen LogP contribution in [-0.2, 0) is 9.59 Å². The van der Waals surface area contributed by atoms with Crippen molar-refractivity contribution in [2.75, 3.05) is 0 Å². The number of amides is 1. The summed E-state index contributed by atoms with van der Waals surface area (Å²) in [5.74, 6) is -1.70. The van der Waals surface area contributed by atoms with Crippen molar-refractivity contribution < 1.29 is 19.1 Å². The van der Waals surface area contributed by atoms with Gasteiger partial charge in [0, 0.05) is 18.3 Å². The van der Waals surface area contributed by atoms with E-state index in [0.29, 0.717) is 12.2 Å². The third kappa shape index (κ3) is 3.63. The molecule has 0 saturated carbocycles. The number of hydrogen-bond acceptors (Lipinski definition) is 5. The van der Waals surface area contributed by atoms with Crippen molar-refractivity contribution >= 4 is 17.6 Å². The van der Waals surface area contributed by atoms with Gasteiger partial charge in [-0.1, -0.05) is 36.8 Å². The van der Waals surface area contributed by atoms with Crippen molar-refractivity contribution in [1.29, 1.82) is 0 Å². The molecule has 6 heteroatoms. The average molecular weight is 339 g/mol. The number of furan rings is 1. The number of aliphatic carboxylic acids is 1. The van der Waals surface area contributed by atoms with Crippen LogP contribution in [0.2, 0.25) is 0 Å². The number of hydrazone groups is 1. The van der Waals surface area contributed by atoms with E-state index in [1.165, 1.54) is 5.01 Å². The predicted molar refractivity (Wildman–Crippen MR) is 89.4 cm³/mol. The second kappa shape index (κ2) is 6.93. The zero-order chi connectivity index (χ0) is 18.0. The van der Waals surface area contributed by atoms with Gasteiger partial charge in [0.25, 0.3) is 0 Å². The standard InChI is InChI=1S/C19H20N2O4/c1-12-5-7-14(8-6-12)15-11-16(17-4-3-9-25-17)21(20-15)19(24)13(2)10-18(22)23/h3-9,13,16H,10-11H2,1-2H3,(H,22,23)/p-1/t13-,16-/m0/s1. The molecular formula is C19H19N2O4-. The molecular weight excluding hydrogens is 320 g/mol. The summed E-state index contributed by atoms with van der Waals surface area (Å²) in [6.07, 6.45) is 1.72. The van der Waals surface area contributed by atoms with Crippen molar-refractivity contribution in [3.63, 3.8) is 0 Å². The minimum absolute atomic E-state index is 0.338. The third-order valence-electron chi connectivity index (χ3n) is 4.29. The largest absolute Gasteiger partial charge is 0.550 e. The van der Waals surface area contributed by atoms with E-state index in [-0.39, 0.29) is 18.4 Å². The summed E-state index contributed by atoms with van der Waals surface area (Å²) >= 11 is 0. The van der Waals surface area contributed by atoms with Crippen LogP contribution < -0.4 is 5.11 Å². The van der Waals surface area contributed by atoms with Gasteiger partial charge < -0.3 is 14.3 Å². The molecule has 0 radical (unpaired) electrons. The smallest absolute Gasteiger partial charge is 0.246 e. The molecule has 1 aromatic carbocycles. The Bertz CT molecular complexity index is 793. The van der Waals surface area contributed by atoms with Gasteiger partial charge in [-0.25, -0.2) is 5.01 Å². The number of carbonyl (C=O) groups is 2. The highest BCUT2D eigenvalue weighted by molar-refractivity contribution is 6.03. The van der Waals surface area contributed by atoms with Crippen LogP contribution >= 0.6 is 0 Å². The van der Waals surface area contributed by atoms with E-state index in [9.17, 15) is 14.7 Å².